The minimum Gasteiger partial charge on any atom is -0.483 e. The van der Waals surface area contributed by atoms with E-state index >= 15 is 0 Å². The number of ether oxygens (including phenoxy) is 4. The zero-order valence-electron chi connectivity index (χ0n) is 36.3. The molecule has 2 amide bonds. The van der Waals surface area contributed by atoms with E-state index in [2.05, 4.69) is 19.8 Å². The van der Waals surface area contributed by atoms with Crippen molar-refractivity contribution in [2.45, 2.75) is 26.1 Å². The first-order valence-electron chi connectivity index (χ1n) is 20.6. The van der Waals surface area contributed by atoms with E-state index in [-0.39, 0.29) is 23.3 Å². The van der Waals surface area contributed by atoms with Gasteiger partial charge in [0.1, 0.15) is 23.8 Å². The summed E-state index contributed by atoms with van der Waals surface area (Å²) in [5.41, 5.74) is 4.02. The lowest BCUT2D eigenvalue weighted by atomic mass is 10.0. The number of rotatable bonds is 10. The van der Waals surface area contributed by atoms with Gasteiger partial charge in [0.2, 0.25) is 11.6 Å². The number of anilines is 2. The maximum atomic E-state index is 14.2. The standard InChI is InChI=1S/2C23H24F2N4O3/c2*1-14(32-19-6-4-5-17(24)21(19)25)16-11-15(23(30)28(2)3)12-18-22(16)27-20(13-26-18)29-7-9-31-10-8-29/h2*4-6,11-14H,7-10H2,1-3H3. The van der Waals surface area contributed by atoms with Crippen molar-refractivity contribution in [3.05, 3.63) is 119 Å². The summed E-state index contributed by atoms with van der Waals surface area (Å²) in [5, 5.41) is 0. The smallest absolute Gasteiger partial charge is 0.253 e. The Labute approximate surface area is 367 Å². The summed E-state index contributed by atoms with van der Waals surface area (Å²) in [7, 11) is 6.62. The molecule has 18 heteroatoms. The molecule has 2 aliphatic rings. The topological polar surface area (TPSA) is 136 Å². The number of carbonyl (C=O) groups is 2. The zero-order chi connectivity index (χ0) is 45.7. The highest BCUT2D eigenvalue weighted by Gasteiger charge is 2.24. The third kappa shape index (κ3) is 10.1. The van der Waals surface area contributed by atoms with Crippen LogP contribution in [0.25, 0.3) is 22.1 Å². The van der Waals surface area contributed by atoms with Crippen LogP contribution in [0.15, 0.2) is 73.1 Å². The molecule has 0 N–H and O–H groups in total. The Morgan fingerprint density at radius 3 is 1.34 bits per heavy atom. The number of carbonyl (C=O) groups excluding carboxylic acids is 2. The van der Waals surface area contributed by atoms with Gasteiger partial charge in [-0.05, 0) is 62.4 Å². The first-order valence-corrected chi connectivity index (χ1v) is 20.6. The highest BCUT2D eigenvalue weighted by molar-refractivity contribution is 5.99. The van der Waals surface area contributed by atoms with Crippen LogP contribution < -0.4 is 19.3 Å². The average Bonchev–Trinajstić information content (AvgIpc) is 3.31. The number of hydrogen-bond donors (Lipinski definition) is 0. The Kier molecular flexibility index (Phi) is 14.0. The van der Waals surface area contributed by atoms with Gasteiger partial charge in [0.05, 0.1) is 60.9 Å². The van der Waals surface area contributed by atoms with Crippen molar-refractivity contribution in [2.75, 3.05) is 90.6 Å². The first kappa shape index (κ1) is 45.4. The van der Waals surface area contributed by atoms with Crippen LogP contribution in [0.1, 0.15) is 57.9 Å². The molecule has 2 unspecified atom stereocenters. The second kappa shape index (κ2) is 19.8. The Morgan fingerprint density at radius 1 is 0.609 bits per heavy atom. The number of amides is 2. The van der Waals surface area contributed by atoms with Gasteiger partial charge in [-0.3, -0.25) is 19.6 Å². The zero-order valence-corrected chi connectivity index (χ0v) is 36.3. The molecule has 2 atom stereocenters. The second-order valence-corrected chi connectivity index (χ2v) is 15.5. The lowest BCUT2D eigenvalue weighted by Crippen LogP contribution is -2.36. The fraction of sp³-hybridized carbons (Fsp3) is 0.348. The predicted molar refractivity (Wildman–Crippen MR) is 232 cm³/mol. The largest absolute Gasteiger partial charge is 0.483 e. The van der Waals surface area contributed by atoms with Gasteiger partial charge in [0.15, 0.2) is 23.1 Å². The van der Waals surface area contributed by atoms with Gasteiger partial charge in [0.25, 0.3) is 11.8 Å². The monoisotopic (exact) mass is 884 g/mol. The average molecular weight is 885 g/mol. The molecule has 2 saturated heterocycles. The normalized spacial score (nSPS) is 15.0. The highest BCUT2D eigenvalue weighted by Crippen LogP contribution is 2.33. The van der Waals surface area contributed by atoms with Crippen LogP contribution in [0.3, 0.4) is 0 Å². The number of benzene rings is 4. The Balaban J connectivity index is 0.000000191. The molecule has 2 aromatic heterocycles. The Bertz CT molecular complexity index is 2480. The lowest BCUT2D eigenvalue weighted by molar-refractivity contribution is 0.0820. The van der Waals surface area contributed by atoms with E-state index in [1.165, 1.54) is 34.1 Å². The molecular formula is C46H48F4N8O6. The van der Waals surface area contributed by atoms with Gasteiger partial charge in [-0.2, -0.15) is 8.78 Å². The molecule has 0 saturated carbocycles. The minimum absolute atomic E-state index is 0.212. The Hall–Kier alpha value is -6.66. The van der Waals surface area contributed by atoms with Crippen LogP contribution >= 0.6 is 0 Å². The second-order valence-electron chi connectivity index (χ2n) is 15.5. The molecule has 8 rings (SSSR count). The minimum atomic E-state index is -1.07. The van der Waals surface area contributed by atoms with Crippen molar-refractivity contribution in [1.29, 1.82) is 0 Å². The van der Waals surface area contributed by atoms with Crippen molar-refractivity contribution < 1.29 is 46.1 Å². The fourth-order valence-electron chi connectivity index (χ4n) is 7.19. The number of hydrogen-bond acceptors (Lipinski definition) is 12. The first-order chi connectivity index (χ1) is 30.7. The lowest BCUT2D eigenvalue weighted by Gasteiger charge is -2.28. The van der Waals surface area contributed by atoms with E-state index in [0.717, 1.165) is 12.1 Å². The highest BCUT2D eigenvalue weighted by atomic mass is 19.2. The van der Waals surface area contributed by atoms with Crippen LogP contribution in [0, 0.1) is 23.3 Å². The molecule has 4 aromatic carbocycles. The maximum Gasteiger partial charge on any atom is 0.253 e. The van der Waals surface area contributed by atoms with E-state index in [0.29, 0.717) is 109 Å². The van der Waals surface area contributed by atoms with Gasteiger partial charge in [-0.15, -0.1) is 0 Å². The van der Waals surface area contributed by atoms with E-state index in [9.17, 15) is 27.2 Å². The molecule has 0 aliphatic carbocycles. The van der Waals surface area contributed by atoms with Crippen molar-refractivity contribution in [3.63, 3.8) is 0 Å². The molecule has 0 radical (unpaired) electrons. The number of fused-ring (bicyclic) bond motifs is 2. The summed E-state index contributed by atoms with van der Waals surface area (Å²) in [6.07, 6.45) is 1.88. The molecule has 336 valence electrons. The molecule has 64 heavy (non-hydrogen) atoms. The summed E-state index contributed by atoms with van der Waals surface area (Å²) in [6.45, 7) is 8.55. The predicted octanol–water partition coefficient (Wildman–Crippen LogP) is 7.17. The molecule has 4 heterocycles. The summed E-state index contributed by atoms with van der Waals surface area (Å²) < 4.78 is 78.1. The number of morpholine rings is 2. The third-order valence-electron chi connectivity index (χ3n) is 10.6. The third-order valence-corrected chi connectivity index (χ3v) is 10.6. The van der Waals surface area contributed by atoms with Crippen LogP contribution in [-0.4, -0.2) is 122 Å². The van der Waals surface area contributed by atoms with Gasteiger partial charge in [-0.1, -0.05) is 12.1 Å². The molecule has 2 fully saturated rings. The Morgan fingerprint density at radius 2 is 0.984 bits per heavy atom. The molecule has 2 aliphatic heterocycles. The quantitative estimate of drug-likeness (QED) is 0.129. The fourth-order valence-corrected chi connectivity index (χ4v) is 7.19. The number of halogens is 4. The van der Waals surface area contributed by atoms with E-state index in [4.69, 9.17) is 28.9 Å². The van der Waals surface area contributed by atoms with Crippen molar-refractivity contribution in [3.8, 4) is 11.5 Å². The molecule has 14 nitrogen and oxygen atoms in total. The summed E-state index contributed by atoms with van der Waals surface area (Å²) in [5.74, 6) is -3.62. The van der Waals surface area contributed by atoms with E-state index in [1.54, 1.807) is 78.7 Å². The van der Waals surface area contributed by atoms with Crippen molar-refractivity contribution in [1.82, 2.24) is 29.7 Å². The van der Waals surface area contributed by atoms with E-state index < -0.39 is 35.5 Å². The van der Waals surface area contributed by atoms with Gasteiger partial charge in [-0.25, -0.2) is 18.7 Å². The molecular weight excluding hydrogens is 837 g/mol. The van der Waals surface area contributed by atoms with Crippen molar-refractivity contribution >= 4 is 45.5 Å². The van der Waals surface area contributed by atoms with E-state index in [1.807, 2.05) is 0 Å². The van der Waals surface area contributed by atoms with Gasteiger partial charge < -0.3 is 38.5 Å². The number of nitrogens with zero attached hydrogens (tertiary/aromatic N) is 8. The van der Waals surface area contributed by atoms with Crippen LogP contribution in [0.5, 0.6) is 11.5 Å². The molecule has 0 spiro atoms. The summed E-state index contributed by atoms with van der Waals surface area (Å²) in [4.78, 5) is 51.0. The summed E-state index contributed by atoms with van der Waals surface area (Å²) in [6, 6.07) is 14.2. The number of aromatic nitrogens is 4. The molecule has 6 aromatic rings. The molecule has 0 bridgehead atoms. The van der Waals surface area contributed by atoms with Gasteiger partial charge in [0, 0.05) is 76.6 Å². The summed E-state index contributed by atoms with van der Waals surface area (Å²) >= 11 is 0. The van der Waals surface area contributed by atoms with Gasteiger partial charge >= 0.3 is 0 Å². The van der Waals surface area contributed by atoms with Crippen molar-refractivity contribution in [2.24, 2.45) is 0 Å². The van der Waals surface area contributed by atoms with Crippen LogP contribution in [0.4, 0.5) is 29.2 Å². The SMILES string of the molecule is CC(Oc1cccc(F)c1F)c1cc(C(=O)N(C)C)cc2ncc(N3CCOCC3)nc12.CC(Oc1cccc(F)c1F)c1cc(C(=O)N(C)C)cc2ncc(N3CCOCC3)nc12. The maximum absolute atomic E-state index is 14.2. The van der Waals surface area contributed by atoms with Crippen LogP contribution in [-0.2, 0) is 9.47 Å². The van der Waals surface area contributed by atoms with Crippen LogP contribution in [0.2, 0.25) is 0 Å².